The van der Waals surface area contributed by atoms with Crippen LogP contribution >= 0.6 is 0 Å². The molecular weight excluding hydrogens is 218 g/mol. The van der Waals surface area contributed by atoms with E-state index >= 15 is 0 Å². The lowest BCUT2D eigenvalue weighted by atomic mass is 10.1. The van der Waals surface area contributed by atoms with E-state index in [-0.39, 0.29) is 11.9 Å². The zero-order valence-electron chi connectivity index (χ0n) is 11.9. The largest absolute Gasteiger partial charge is 0.466 e. The highest BCUT2D eigenvalue weighted by molar-refractivity contribution is 5.72. The minimum Gasteiger partial charge on any atom is -0.466 e. The Morgan fingerprint density at radius 1 is 1.24 bits per heavy atom. The molecule has 0 fully saturated rings. The average Bonchev–Trinajstić information content (AvgIpc) is 2.25. The molecule has 1 atom stereocenters. The van der Waals surface area contributed by atoms with Crippen molar-refractivity contribution in [1.82, 2.24) is 4.90 Å². The van der Waals surface area contributed by atoms with Crippen LogP contribution in [0.3, 0.4) is 0 Å². The second-order valence-electron chi connectivity index (χ2n) is 4.80. The minimum absolute atomic E-state index is 0.0782. The maximum Gasteiger partial charge on any atom is 0.309 e. The number of carbonyl (C=O) groups is 1. The summed E-state index contributed by atoms with van der Waals surface area (Å²) in [5.74, 6) is 0.394. The Labute approximate surface area is 105 Å². The quantitative estimate of drug-likeness (QED) is 0.581. The molecule has 0 rings (SSSR count). The van der Waals surface area contributed by atoms with Gasteiger partial charge in [0.2, 0.25) is 0 Å². The topological polar surface area (TPSA) is 38.8 Å². The van der Waals surface area contributed by atoms with Crippen molar-refractivity contribution in [1.29, 1.82) is 0 Å². The van der Waals surface area contributed by atoms with Crippen molar-refractivity contribution in [2.75, 3.05) is 40.0 Å². The predicted molar refractivity (Wildman–Crippen MR) is 69.0 cm³/mol. The van der Waals surface area contributed by atoms with Crippen molar-refractivity contribution >= 4 is 5.97 Å². The molecule has 17 heavy (non-hydrogen) atoms. The third-order valence-electron chi connectivity index (χ3n) is 2.46. The van der Waals surface area contributed by atoms with Gasteiger partial charge in [0.25, 0.3) is 0 Å². The summed E-state index contributed by atoms with van der Waals surface area (Å²) in [6.45, 7) is 11.8. The number of methoxy groups -OCH3 is 1. The van der Waals surface area contributed by atoms with Crippen LogP contribution in [0, 0.1) is 11.8 Å². The van der Waals surface area contributed by atoms with Crippen molar-refractivity contribution in [3.05, 3.63) is 0 Å². The van der Waals surface area contributed by atoms with Gasteiger partial charge < -0.3 is 9.47 Å². The lowest BCUT2D eigenvalue weighted by Crippen LogP contribution is -2.37. The van der Waals surface area contributed by atoms with Crippen LogP contribution in [0.4, 0.5) is 0 Å². The molecule has 4 heteroatoms. The second-order valence-corrected chi connectivity index (χ2v) is 4.80. The third-order valence-corrected chi connectivity index (χ3v) is 2.46. The average molecular weight is 245 g/mol. The maximum atomic E-state index is 11.6. The van der Waals surface area contributed by atoms with E-state index in [0.29, 0.717) is 19.1 Å². The molecule has 0 spiro atoms. The highest BCUT2D eigenvalue weighted by Crippen LogP contribution is 2.06. The number of nitrogens with zero attached hydrogens (tertiary/aromatic N) is 1. The summed E-state index contributed by atoms with van der Waals surface area (Å²) >= 11 is 0. The van der Waals surface area contributed by atoms with E-state index in [9.17, 15) is 4.79 Å². The smallest absolute Gasteiger partial charge is 0.309 e. The van der Waals surface area contributed by atoms with Crippen LogP contribution < -0.4 is 0 Å². The van der Waals surface area contributed by atoms with Gasteiger partial charge in [0.15, 0.2) is 0 Å². The second kappa shape index (κ2) is 9.42. The Morgan fingerprint density at radius 3 is 2.35 bits per heavy atom. The van der Waals surface area contributed by atoms with Gasteiger partial charge in [-0.05, 0) is 12.8 Å². The lowest BCUT2D eigenvalue weighted by Gasteiger charge is -2.26. The van der Waals surface area contributed by atoms with Gasteiger partial charge in [-0.2, -0.15) is 0 Å². The molecule has 0 saturated heterocycles. The van der Waals surface area contributed by atoms with Crippen molar-refractivity contribution in [3.63, 3.8) is 0 Å². The lowest BCUT2D eigenvalue weighted by molar-refractivity contribution is -0.148. The zero-order valence-corrected chi connectivity index (χ0v) is 11.9. The van der Waals surface area contributed by atoms with E-state index in [1.807, 2.05) is 13.8 Å². The molecule has 0 aromatic heterocycles. The molecule has 0 heterocycles. The molecule has 4 nitrogen and oxygen atoms in total. The van der Waals surface area contributed by atoms with E-state index in [0.717, 1.165) is 19.6 Å². The monoisotopic (exact) mass is 245 g/mol. The molecule has 0 radical (unpaired) electrons. The summed E-state index contributed by atoms with van der Waals surface area (Å²) in [6.07, 6.45) is 0. The Morgan fingerprint density at radius 2 is 1.88 bits per heavy atom. The molecule has 0 amide bonds. The van der Waals surface area contributed by atoms with E-state index < -0.39 is 0 Å². The highest BCUT2D eigenvalue weighted by Gasteiger charge is 2.18. The van der Waals surface area contributed by atoms with E-state index in [1.165, 1.54) is 0 Å². The normalized spacial score (nSPS) is 13.1. The van der Waals surface area contributed by atoms with E-state index in [4.69, 9.17) is 9.47 Å². The number of carbonyl (C=O) groups excluding carboxylic acids is 1. The van der Waals surface area contributed by atoms with Gasteiger partial charge in [0.05, 0.1) is 19.1 Å². The molecule has 0 aromatic rings. The van der Waals surface area contributed by atoms with Crippen LogP contribution in [0.2, 0.25) is 0 Å². The molecule has 0 aliphatic carbocycles. The standard InChI is InChI=1S/C13H27NO3/c1-6-17-13(15)12(4)10-14(7-8-16-5)9-11(2)3/h11-12H,6-10H2,1-5H3. The molecule has 0 N–H and O–H groups in total. The fourth-order valence-electron chi connectivity index (χ4n) is 1.74. The van der Waals surface area contributed by atoms with Crippen LogP contribution in [-0.2, 0) is 14.3 Å². The fourth-order valence-corrected chi connectivity index (χ4v) is 1.74. The number of esters is 1. The maximum absolute atomic E-state index is 11.6. The highest BCUT2D eigenvalue weighted by atomic mass is 16.5. The molecule has 102 valence electrons. The summed E-state index contributed by atoms with van der Waals surface area (Å²) < 4.78 is 10.1. The first-order valence-corrected chi connectivity index (χ1v) is 6.39. The number of hydrogen-bond acceptors (Lipinski definition) is 4. The first-order chi connectivity index (χ1) is 8.01. The molecular formula is C13H27NO3. The molecule has 0 aromatic carbocycles. The summed E-state index contributed by atoms with van der Waals surface area (Å²) in [6, 6.07) is 0. The number of rotatable bonds is 9. The summed E-state index contributed by atoms with van der Waals surface area (Å²) in [5.41, 5.74) is 0. The van der Waals surface area contributed by atoms with Crippen LogP contribution in [0.15, 0.2) is 0 Å². The van der Waals surface area contributed by atoms with Crippen LogP contribution in [0.5, 0.6) is 0 Å². The molecule has 0 saturated carbocycles. The van der Waals surface area contributed by atoms with Crippen molar-refractivity contribution < 1.29 is 14.3 Å². The molecule has 0 bridgehead atoms. The Bertz CT molecular complexity index is 207. The number of hydrogen-bond donors (Lipinski definition) is 0. The van der Waals surface area contributed by atoms with Gasteiger partial charge in [-0.3, -0.25) is 9.69 Å². The number of ether oxygens (including phenoxy) is 2. The van der Waals surface area contributed by atoms with Gasteiger partial charge in [0, 0.05) is 26.7 Å². The van der Waals surface area contributed by atoms with Gasteiger partial charge >= 0.3 is 5.97 Å². The van der Waals surface area contributed by atoms with Crippen molar-refractivity contribution in [2.45, 2.75) is 27.7 Å². The van der Waals surface area contributed by atoms with Crippen LogP contribution in [0.1, 0.15) is 27.7 Å². The SMILES string of the molecule is CCOC(=O)C(C)CN(CCOC)CC(C)C. The van der Waals surface area contributed by atoms with Gasteiger partial charge in [-0.25, -0.2) is 0 Å². The van der Waals surface area contributed by atoms with Gasteiger partial charge in [0.1, 0.15) is 0 Å². The van der Waals surface area contributed by atoms with E-state index in [1.54, 1.807) is 7.11 Å². The Kier molecular flexibility index (Phi) is 9.09. The summed E-state index contributed by atoms with van der Waals surface area (Å²) in [5, 5.41) is 0. The summed E-state index contributed by atoms with van der Waals surface area (Å²) in [4.78, 5) is 13.8. The molecule has 0 aliphatic heterocycles. The first kappa shape index (κ1) is 16.4. The van der Waals surface area contributed by atoms with Crippen LogP contribution in [0.25, 0.3) is 0 Å². The van der Waals surface area contributed by atoms with E-state index in [2.05, 4.69) is 18.7 Å². The van der Waals surface area contributed by atoms with Crippen molar-refractivity contribution in [3.8, 4) is 0 Å². The van der Waals surface area contributed by atoms with Gasteiger partial charge in [-0.15, -0.1) is 0 Å². The zero-order chi connectivity index (χ0) is 13.3. The van der Waals surface area contributed by atoms with Gasteiger partial charge in [-0.1, -0.05) is 20.8 Å². The van der Waals surface area contributed by atoms with Crippen molar-refractivity contribution in [2.24, 2.45) is 11.8 Å². The molecule has 0 aliphatic rings. The third kappa shape index (κ3) is 8.16. The minimum atomic E-state index is -0.112. The molecule has 1 unspecified atom stereocenters. The Hall–Kier alpha value is -0.610. The fraction of sp³-hybridized carbons (Fsp3) is 0.923. The summed E-state index contributed by atoms with van der Waals surface area (Å²) in [7, 11) is 1.70. The first-order valence-electron chi connectivity index (χ1n) is 6.39. The Balaban J connectivity index is 4.15. The van der Waals surface area contributed by atoms with Crippen LogP contribution in [-0.4, -0.2) is 50.8 Å². The predicted octanol–water partition coefficient (Wildman–Crippen LogP) is 1.79.